The number of thioether (sulfide) groups is 1. The molecule has 1 aliphatic heterocycles. The minimum Gasteiger partial charge on any atom is -0.497 e. The molecule has 0 aliphatic carbocycles. The van der Waals surface area contributed by atoms with Gasteiger partial charge in [0.25, 0.3) is 0 Å². The first-order chi connectivity index (χ1) is 11.2. The zero-order valence-electron chi connectivity index (χ0n) is 12.6. The second kappa shape index (κ2) is 5.58. The monoisotopic (exact) mass is 347 g/mol. The normalized spacial score (nSPS) is 16.4. The predicted octanol–water partition coefficient (Wildman–Crippen LogP) is 3.40. The van der Waals surface area contributed by atoms with Crippen LogP contribution in [-0.4, -0.2) is 27.0 Å². The maximum absolute atomic E-state index is 6.40. The Hall–Kier alpha value is -1.99. The molecular weight excluding hydrogens is 334 g/mol. The molecule has 1 N–H and O–H groups in total. The second-order valence-electron chi connectivity index (χ2n) is 5.14. The van der Waals surface area contributed by atoms with E-state index in [1.807, 2.05) is 35.9 Å². The third-order valence-corrected chi connectivity index (χ3v) is 5.14. The van der Waals surface area contributed by atoms with Crippen LogP contribution in [0.15, 0.2) is 29.4 Å². The van der Waals surface area contributed by atoms with Crippen molar-refractivity contribution in [2.24, 2.45) is 0 Å². The van der Waals surface area contributed by atoms with Crippen molar-refractivity contribution >= 4 is 34.3 Å². The lowest BCUT2D eigenvalue weighted by atomic mass is 10.1. The molecular formula is C15H14ClN5OS. The summed E-state index contributed by atoms with van der Waals surface area (Å²) in [5, 5.41) is 10.6. The molecule has 4 rings (SSSR count). The average Bonchev–Trinajstić information content (AvgIpc) is 3.13. The predicted molar refractivity (Wildman–Crippen MR) is 90.7 cm³/mol. The minimum absolute atomic E-state index is 0.0404. The number of halogens is 1. The van der Waals surface area contributed by atoms with Gasteiger partial charge in [0, 0.05) is 17.4 Å². The van der Waals surface area contributed by atoms with Crippen molar-refractivity contribution in [2.75, 3.05) is 12.5 Å². The van der Waals surface area contributed by atoms with Crippen molar-refractivity contribution < 1.29 is 4.74 Å². The number of methoxy groups -OCH3 is 1. The lowest BCUT2D eigenvalue weighted by Gasteiger charge is -2.14. The fourth-order valence-electron chi connectivity index (χ4n) is 2.58. The summed E-state index contributed by atoms with van der Waals surface area (Å²) in [6.45, 7) is 2.05. The molecule has 0 fully saturated rings. The van der Waals surface area contributed by atoms with Gasteiger partial charge in [-0.2, -0.15) is 0 Å². The molecule has 1 unspecified atom stereocenters. The summed E-state index contributed by atoms with van der Waals surface area (Å²) in [5.41, 5.74) is 5.15. The van der Waals surface area contributed by atoms with Crippen molar-refractivity contribution in [3.63, 3.8) is 0 Å². The van der Waals surface area contributed by atoms with E-state index in [2.05, 4.69) is 20.6 Å². The van der Waals surface area contributed by atoms with Crippen LogP contribution in [0, 0.1) is 0 Å². The van der Waals surface area contributed by atoms with Crippen LogP contribution in [0.1, 0.15) is 23.7 Å². The van der Waals surface area contributed by atoms with Gasteiger partial charge in [0.05, 0.1) is 12.6 Å². The Morgan fingerprint density at radius 2 is 2.22 bits per heavy atom. The fourth-order valence-corrected chi connectivity index (χ4v) is 3.92. The van der Waals surface area contributed by atoms with Crippen molar-refractivity contribution in [3.05, 3.63) is 40.8 Å². The Kier molecular flexibility index (Phi) is 3.54. The molecule has 8 heteroatoms. The van der Waals surface area contributed by atoms with Gasteiger partial charge in [-0.1, -0.05) is 30.3 Å². The van der Waals surface area contributed by atoms with E-state index in [9.17, 15) is 0 Å². The summed E-state index contributed by atoms with van der Waals surface area (Å²) in [6, 6.07) is 7.79. The molecule has 6 nitrogen and oxygen atoms in total. The number of ether oxygens (including phenoxy) is 1. The van der Waals surface area contributed by atoms with E-state index < -0.39 is 0 Å². The number of hydrogen-bond acceptors (Lipinski definition) is 6. The fraction of sp³-hybridized carbons (Fsp3) is 0.267. The SMILES string of the molecule is CCc1nnc2n1NC(c1cc3cc(OC)ccc3nc1Cl)S2. The first-order valence-corrected chi connectivity index (χ1v) is 8.47. The highest BCUT2D eigenvalue weighted by molar-refractivity contribution is 7.99. The Morgan fingerprint density at radius 3 is 3.00 bits per heavy atom. The molecule has 0 radical (unpaired) electrons. The molecule has 3 heterocycles. The molecule has 118 valence electrons. The number of rotatable bonds is 3. The van der Waals surface area contributed by atoms with Gasteiger partial charge in [0.1, 0.15) is 16.3 Å². The molecule has 23 heavy (non-hydrogen) atoms. The van der Waals surface area contributed by atoms with E-state index in [4.69, 9.17) is 16.3 Å². The molecule has 0 saturated heterocycles. The van der Waals surface area contributed by atoms with Gasteiger partial charge >= 0.3 is 0 Å². The number of nitrogens with one attached hydrogen (secondary N) is 1. The smallest absolute Gasteiger partial charge is 0.212 e. The molecule has 2 aromatic heterocycles. The summed E-state index contributed by atoms with van der Waals surface area (Å²) in [5.74, 6) is 1.70. The zero-order chi connectivity index (χ0) is 16.0. The van der Waals surface area contributed by atoms with Gasteiger partial charge < -0.3 is 10.2 Å². The Morgan fingerprint density at radius 1 is 1.35 bits per heavy atom. The van der Waals surface area contributed by atoms with Crippen molar-refractivity contribution in [3.8, 4) is 5.75 Å². The van der Waals surface area contributed by atoms with Crippen LogP contribution < -0.4 is 10.2 Å². The maximum atomic E-state index is 6.40. The van der Waals surface area contributed by atoms with Crippen LogP contribution in [0.3, 0.4) is 0 Å². The largest absolute Gasteiger partial charge is 0.497 e. The van der Waals surface area contributed by atoms with Gasteiger partial charge in [-0.25, -0.2) is 9.66 Å². The summed E-state index contributed by atoms with van der Waals surface area (Å²) < 4.78 is 7.20. The van der Waals surface area contributed by atoms with E-state index in [0.29, 0.717) is 5.15 Å². The van der Waals surface area contributed by atoms with Crippen LogP contribution in [0.25, 0.3) is 10.9 Å². The number of fused-ring (bicyclic) bond motifs is 2. The molecule has 3 aromatic rings. The summed E-state index contributed by atoms with van der Waals surface area (Å²) in [7, 11) is 1.65. The zero-order valence-corrected chi connectivity index (χ0v) is 14.1. The van der Waals surface area contributed by atoms with Crippen LogP contribution in [0.4, 0.5) is 0 Å². The quantitative estimate of drug-likeness (QED) is 0.732. The molecule has 1 aromatic carbocycles. The van der Waals surface area contributed by atoms with Crippen molar-refractivity contribution in [1.82, 2.24) is 19.9 Å². The van der Waals surface area contributed by atoms with Crippen molar-refractivity contribution in [2.45, 2.75) is 23.9 Å². The van der Waals surface area contributed by atoms with Gasteiger partial charge in [0.15, 0.2) is 5.82 Å². The number of benzene rings is 1. The standard InChI is InChI=1S/C15H14ClN5OS/c1-3-12-18-19-15-21(12)20-14(23-15)10-7-8-6-9(22-2)4-5-11(8)17-13(10)16/h4-7,14,20H,3H2,1-2H3. The molecule has 1 aliphatic rings. The number of nitrogens with zero attached hydrogens (tertiary/aromatic N) is 4. The highest BCUT2D eigenvalue weighted by atomic mass is 35.5. The Bertz CT molecular complexity index is 897. The Labute approximate surface area is 142 Å². The molecule has 1 atom stereocenters. The van der Waals surface area contributed by atoms with Crippen LogP contribution in [0.2, 0.25) is 5.15 Å². The lowest BCUT2D eigenvalue weighted by Crippen LogP contribution is -2.15. The molecule has 0 bridgehead atoms. The second-order valence-corrected chi connectivity index (χ2v) is 6.57. The highest BCUT2D eigenvalue weighted by Crippen LogP contribution is 2.41. The summed E-state index contributed by atoms with van der Waals surface area (Å²) >= 11 is 7.98. The number of aromatic nitrogens is 4. The molecule has 0 spiro atoms. The van der Waals surface area contributed by atoms with Gasteiger partial charge in [0.2, 0.25) is 5.16 Å². The lowest BCUT2D eigenvalue weighted by molar-refractivity contribution is 0.415. The molecule has 0 saturated carbocycles. The number of aryl methyl sites for hydroxylation is 1. The van der Waals surface area contributed by atoms with E-state index in [1.54, 1.807) is 18.9 Å². The van der Waals surface area contributed by atoms with Crippen molar-refractivity contribution in [1.29, 1.82) is 0 Å². The minimum atomic E-state index is -0.0404. The third kappa shape index (κ3) is 2.40. The van der Waals surface area contributed by atoms with Crippen LogP contribution in [0.5, 0.6) is 5.75 Å². The summed E-state index contributed by atoms with van der Waals surface area (Å²) in [6.07, 6.45) is 0.814. The number of pyridine rings is 1. The number of hydrogen-bond donors (Lipinski definition) is 1. The van der Waals surface area contributed by atoms with E-state index in [-0.39, 0.29) is 5.37 Å². The maximum Gasteiger partial charge on any atom is 0.212 e. The first kappa shape index (κ1) is 14.6. The first-order valence-electron chi connectivity index (χ1n) is 7.21. The van der Waals surface area contributed by atoms with Gasteiger partial charge in [-0.05, 0) is 24.3 Å². The summed E-state index contributed by atoms with van der Waals surface area (Å²) in [4.78, 5) is 4.50. The van der Waals surface area contributed by atoms with Gasteiger partial charge in [-0.15, -0.1) is 10.2 Å². The van der Waals surface area contributed by atoms with E-state index in [0.717, 1.165) is 39.6 Å². The topological polar surface area (TPSA) is 64.9 Å². The van der Waals surface area contributed by atoms with Crippen LogP contribution in [-0.2, 0) is 6.42 Å². The van der Waals surface area contributed by atoms with Crippen LogP contribution >= 0.6 is 23.4 Å². The third-order valence-electron chi connectivity index (χ3n) is 3.77. The molecule has 0 amide bonds. The van der Waals surface area contributed by atoms with E-state index >= 15 is 0 Å². The highest BCUT2D eigenvalue weighted by Gasteiger charge is 2.29. The average molecular weight is 348 g/mol. The Balaban J connectivity index is 1.74. The van der Waals surface area contributed by atoms with Gasteiger partial charge in [-0.3, -0.25) is 0 Å². The van der Waals surface area contributed by atoms with E-state index in [1.165, 1.54) is 0 Å².